The van der Waals surface area contributed by atoms with Gasteiger partial charge in [-0.1, -0.05) is 11.6 Å². The summed E-state index contributed by atoms with van der Waals surface area (Å²) in [6.45, 7) is 5.32. The Labute approximate surface area is 131 Å². The molecule has 3 nitrogen and oxygen atoms in total. The second-order valence-corrected chi connectivity index (χ2v) is 7.01. The number of carbonyl (C=O) groups excluding carboxylic acids is 1. The van der Waals surface area contributed by atoms with E-state index in [1.165, 1.54) is 6.07 Å². The number of hydrogen-bond donors (Lipinski definition) is 1. The predicted molar refractivity (Wildman–Crippen MR) is 84.3 cm³/mol. The average Bonchev–Trinajstić information content (AvgIpc) is 2.68. The molecular weight excluding hydrogens is 313 g/mol. The van der Waals surface area contributed by atoms with E-state index in [4.69, 9.17) is 22.1 Å². The number of nitrogens with two attached hydrogens (primary N) is 1. The molecule has 0 radical (unpaired) electrons. The van der Waals surface area contributed by atoms with Gasteiger partial charge < -0.3 is 10.5 Å². The minimum atomic E-state index is -0.612. The highest BCUT2D eigenvalue weighted by molar-refractivity contribution is 7.18. The third-order valence-corrected chi connectivity index (χ3v) is 3.94. The first-order valence-electron chi connectivity index (χ1n) is 6.25. The van der Waals surface area contributed by atoms with E-state index in [0.717, 1.165) is 11.3 Å². The summed E-state index contributed by atoms with van der Waals surface area (Å²) in [6, 6.07) is 5.93. The lowest BCUT2D eigenvalue weighted by atomic mass is 10.1. The van der Waals surface area contributed by atoms with E-state index in [2.05, 4.69) is 0 Å². The van der Waals surface area contributed by atoms with Crippen LogP contribution >= 0.6 is 22.9 Å². The molecule has 112 valence electrons. The third-order valence-electron chi connectivity index (χ3n) is 2.54. The minimum Gasteiger partial charge on any atom is -0.456 e. The fourth-order valence-electron chi connectivity index (χ4n) is 1.71. The molecule has 0 aliphatic heterocycles. The van der Waals surface area contributed by atoms with Crippen molar-refractivity contribution in [2.75, 3.05) is 5.73 Å². The van der Waals surface area contributed by atoms with Crippen LogP contribution in [0.5, 0.6) is 0 Å². The zero-order valence-electron chi connectivity index (χ0n) is 11.9. The number of ether oxygens (including phenoxy) is 1. The largest absolute Gasteiger partial charge is 0.456 e. The maximum Gasteiger partial charge on any atom is 0.350 e. The molecule has 0 unspecified atom stereocenters. The monoisotopic (exact) mass is 327 g/mol. The summed E-state index contributed by atoms with van der Waals surface area (Å²) in [4.78, 5) is 12.9. The number of hydrogen-bond acceptors (Lipinski definition) is 4. The highest BCUT2D eigenvalue weighted by Crippen LogP contribution is 2.36. The summed E-state index contributed by atoms with van der Waals surface area (Å²) in [5.41, 5.74) is 5.86. The molecule has 6 heteroatoms. The number of halogens is 2. The van der Waals surface area contributed by atoms with Gasteiger partial charge in [0.05, 0.1) is 5.69 Å². The summed E-state index contributed by atoms with van der Waals surface area (Å²) >= 11 is 6.83. The molecule has 0 aliphatic rings. The smallest absolute Gasteiger partial charge is 0.350 e. The molecule has 0 aliphatic carbocycles. The number of nitrogen functional groups attached to an aromatic ring is 1. The van der Waals surface area contributed by atoms with Crippen molar-refractivity contribution in [3.05, 3.63) is 40.0 Å². The fourth-order valence-corrected chi connectivity index (χ4v) is 2.85. The van der Waals surface area contributed by atoms with Crippen LogP contribution in [-0.2, 0) is 4.74 Å². The first-order chi connectivity index (χ1) is 9.67. The van der Waals surface area contributed by atoms with Crippen LogP contribution in [0.15, 0.2) is 24.3 Å². The predicted octanol–water partition coefficient (Wildman–Crippen LogP) is 4.75. The van der Waals surface area contributed by atoms with Crippen LogP contribution in [0.4, 0.5) is 10.1 Å². The summed E-state index contributed by atoms with van der Waals surface area (Å²) in [7, 11) is 0. The molecule has 1 aromatic carbocycles. The Hall–Kier alpha value is -1.59. The van der Waals surface area contributed by atoms with Gasteiger partial charge in [0.2, 0.25) is 0 Å². The molecule has 0 saturated carbocycles. The topological polar surface area (TPSA) is 52.3 Å². The molecule has 2 N–H and O–H groups in total. The normalized spacial score (nSPS) is 11.5. The van der Waals surface area contributed by atoms with E-state index in [-0.39, 0.29) is 10.6 Å². The molecule has 0 saturated heterocycles. The van der Waals surface area contributed by atoms with Gasteiger partial charge in [-0.25, -0.2) is 9.18 Å². The van der Waals surface area contributed by atoms with Crippen LogP contribution in [0.2, 0.25) is 5.02 Å². The lowest BCUT2D eigenvalue weighted by molar-refractivity contribution is 0.00764. The second-order valence-electron chi connectivity index (χ2n) is 5.52. The van der Waals surface area contributed by atoms with Gasteiger partial charge in [0.15, 0.2) is 0 Å². The molecule has 1 aromatic heterocycles. The Morgan fingerprint density at radius 2 is 2.00 bits per heavy atom. The number of thiophene rings is 1. The Morgan fingerprint density at radius 3 is 2.57 bits per heavy atom. The van der Waals surface area contributed by atoms with Crippen LogP contribution in [-0.4, -0.2) is 11.6 Å². The van der Waals surface area contributed by atoms with E-state index in [0.29, 0.717) is 15.5 Å². The molecular formula is C15H15ClFNO2S. The molecule has 2 aromatic rings. The Bertz CT molecular complexity index is 691. The summed E-state index contributed by atoms with van der Waals surface area (Å²) in [5, 5.41) is 0.313. The zero-order valence-corrected chi connectivity index (χ0v) is 13.4. The summed E-state index contributed by atoms with van der Waals surface area (Å²) in [5.74, 6) is -0.967. The third kappa shape index (κ3) is 3.74. The van der Waals surface area contributed by atoms with Crippen molar-refractivity contribution < 1.29 is 13.9 Å². The van der Waals surface area contributed by atoms with Crippen LogP contribution in [0, 0.1) is 5.82 Å². The first kappa shape index (κ1) is 15.8. The van der Waals surface area contributed by atoms with Crippen molar-refractivity contribution in [3.63, 3.8) is 0 Å². The van der Waals surface area contributed by atoms with Gasteiger partial charge >= 0.3 is 5.97 Å². The molecule has 2 rings (SSSR count). The zero-order chi connectivity index (χ0) is 15.8. The first-order valence-corrected chi connectivity index (χ1v) is 7.45. The van der Waals surface area contributed by atoms with E-state index in [9.17, 15) is 9.18 Å². The second kappa shape index (κ2) is 5.66. The van der Waals surface area contributed by atoms with E-state index < -0.39 is 17.4 Å². The van der Waals surface area contributed by atoms with Gasteiger partial charge in [0.25, 0.3) is 0 Å². The molecule has 0 amide bonds. The van der Waals surface area contributed by atoms with Crippen molar-refractivity contribution in [1.82, 2.24) is 0 Å². The lowest BCUT2D eigenvalue weighted by Crippen LogP contribution is -2.23. The molecule has 1 heterocycles. The molecule has 0 fully saturated rings. The molecule has 0 spiro atoms. The fraction of sp³-hybridized carbons (Fsp3) is 0.267. The molecule has 0 atom stereocenters. The highest BCUT2D eigenvalue weighted by Gasteiger charge is 2.23. The van der Waals surface area contributed by atoms with Crippen molar-refractivity contribution in [2.24, 2.45) is 0 Å². The molecule has 21 heavy (non-hydrogen) atoms. The van der Waals surface area contributed by atoms with Gasteiger partial charge in [-0.3, -0.25) is 0 Å². The summed E-state index contributed by atoms with van der Waals surface area (Å²) < 4.78 is 19.2. The van der Waals surface area contributed by atoms with Crippen molar-refractivity contribution in [1.29, 1.82) is 0 Å². The Balaban J connectivity index is 2.37. The standard InChI is InChI=1S/C15H15ClFNO2S/c1-15(2,3)20-14(19)13-11(18)7-12(21-13)9-5-4-8(16)6-10(9)17/h4-7H,18H2,1-3H3. The maximum absolute atomic E-state index is 13.9. The average molecular weight is 328 g/mol. The number of benzene rings is 1. The molecule has 0 bridgehead atoms. The van der Waals surface area contributed by atoms with Gasteiger partial charge in [0.1, 0.15) is 16.3 Å². The van der Waals surface area contributed by atoms with Gasteiger partial charge in [-0.2, -0.15) is 0 Å². The number of rotatable bonds is 2. The van der Waals surface area contributed by atoms with Crippen molar-refractivity contribution in [3.8, 4) is 10.4 Å². The quantitative estimate of drug-likeness (QED) is 0.810. The number of anilines is 1. The van der Waals surface area contributed by atoms with Crippen LogP contribution in [0.3, 0.4) is 0 Å². The SMILES string of the molecule is CC(C)(C)OC(=O)c1sc(-c2ccc(Cl)cc2F)cc1N. The number of esters is 1. The maximum atomic E-state index is 13.9. The van der Waals surface area contributed by atoms with Crippen LogP contribution in [0.25, 0.3) is 10.4 Å². The van der Waals surface area contributed by atoms with Crippen molar-refractivity contribution >= 4 is 34.6 Å². The van der Waals surface area contributed by atoms with Crippen LogP contribution in [0.1, 0.15) is 30.4 Å². The van der Waals surface area contributed by atoms with Crippen molar-refractivity contribution in [2.45, 2.75) is 26.4 Å². The highest BCUT2D eigenvalue weighted by atomic mass is 35.5. The Kier molecular flexibility index (Phi) is 4.25. The van der Waals surface area contributed by atoms with Crippen LogP contribution < -0.4 is 5.73 Å². The number of carbonyl (C=O) groups is 1. The lowest BCUT2D eigenvalue weighted by Gasteiger charge is -2.18. The van der Waals surface area contributed by atoms with Gasteiger partial charge in [0, 0.05) is 15.5 Å². The Morgan fingerprint density at radius 1 is 1.33 bits per heavy atom. The summed E-state index contributed by atoms with van der Waals surface area (Å²) in [6.07, 6.45) is 0. The van der Waals surface area contributed by atoms with E-state index >= 15 is 0 Å². The minimum absolute atomic E-state index is 0.272. The van der Waals surface area contributed by atoms with Gasteiger partial charge in [-0.15, -0.1) is 11.3 Å². The van der Waals surface area contributed by atoms with Gasteiger partial charge in [-0.05, 0) is 45.0 Å². The van der Waals surface area contributed by atoms with E-state index in [1.807, 2.05) is 0 Å². The van der Waals surface area contributed by atoms with E-state index in [1.54, 1.807) is 39.0 Å².